The molecule has 0 saturated carbocycles. The third kappa shape index (κ3) is 1.29. The number of hydrogen-bond acceptors (Lipinski definition) is 3. The molecular formula is C11H9NOS. The first kappa shape index (κ1) is 9.20. The highest BCUT2D eigenvalue weighted by Crippen LogP contribution is 2.31. The number of benzene rings is 1. The minimum absolute atomic E-state index is 0.0543. The number of hydrogen-bond donors (Lipinski definition) is 1. The van der Waals surface area contributed by atoms with Crippen LogP contribution in [-0.2, 0) is 6.61 Å². The molecule has 1 N–H and O–H groups in total. The van der Waals surface area contributed by atoms with E-state index in [9.17, 15) is 0 Å². The highest BCUT2D eigenvalue weighted by Gasteiger charge is 2.10. The Morgan fingerprint density at radius 1 is 1.50 bits per heavy atom. The third-order valence-electron chi connectivity index (χ3n) is 2.17. The van der Waals surface area contributed by atoms with Crippen molar-refractivity contribution < 1.29 is 5.11 Å². The van der Waals surface area contributed by atoms with E-state index in [0.717, 1.165) is 15.0 Å². The van der Waals surface area contributed by atoms with Crippen molar-refractivity contribution in [1.82, 2.24) is 0 Å². The highest BCUT2D eigenvalue weighted by molar-refractivity contribution is 7.19. The van der Waals surface area contributed by atoms with Crippen LogP contribution in [0, 0.1) is 18.3 Å². The van der Waals surface area contributed by atoms with E-state index < -0.39 is 0 Å². The summed E-state index contributed by atoms with van der Waals surface area (Å²) in [6, 6.07) is 8.11. The molecule has 0 radical (unpaired) electrons. The number of fused-ring (bicyclic) bond motifs is 1. The molecule has 0 amide bonds. The molecule has 0 atom stereocenters. The minimum Gasteiger partial charge on any atom is -0.391 e. The number of aryl methyl sites for hydroxylation is 1. The fourth-order valence-electron chi connectivity index (χ4n) is 1.49. The molecule has 70 valence electrons. The Labute approximate surface area is 86.0 Å². The number of nitrogens with zero attached hydrogens (tertiary/aromatic N) is 1. The summed E-state index contributed by atoms with van der Waals surface area (Å²) in [5, 5.41) is 19.0. The summed E-state index contributed by atoms with van der Waals surface area (Å²) in [4.78, 5) is 0.758. The van der Waals surface area contributed by atoms with Gasteiger partial charge in [0.05, 0.1) is 12.2 Å². The van der Waals surface area contributed by atoms with Gasteiger partial charge in [-0.05, 0) is 18.6 Å². The van der Waals surface area contributed by atoms with Crippen molar-refractivity contribution in [3.63, 3.8) is 0 Å². The van der Waals surface area contributed by atoms with E-state index in [4.69, 9.17) is 10.4 Å². The smallest absolute Gasteiger partial charge is 0.101 e. The standard InChI is InChI=1S/C11H9NOS/c1-7-2-3-8-9(5-12)11(6-13)14-10(8)4-7/h2-4,13H,6H2,1H3. The maximum atomic E-state index is 9.08. The maximum Gasteiger partial charge on any atom is 0.101 e. The molecule has 0 unspecified atom stereocenters. The van der Waals surface area contributed by atoms with Crippen LogP contribution in [0.5, 0.6) is 0 Å². The summed E-state index contributed by atoms with van der Waals surface area (Å²) in [6.45, 7) is 1.96. The molecule has 1 aromatic heterocycles. The Morgan fingerprint density at radius 3 is 2.93 bits per heavy atom. The molecule has 0 saturated heterocycles. The topological polar surface area (TPSA) is 44.0 Å². The van der Waals surface area contributed by atoms with Gasteiger partial charge in [0.25, 0.3) is 0 Å². The number of aliphatic hydroxyl groups is 1. The average molecular weight is 203 g/mol. The van der Waals surface area contributed by atoms with Gasteiger partial charge in [0.1, 0.15) is 6.07 Å². The molecule has 0 aliphatic rings. The van der Waals surface area contributed by atoms with Crippen LogP contribution in [0.25, 0.3) is 10.1 Å². The zero-order chi connectivity index (χ0) is 10.1. The van der Waals surface area contributed by atoms with Gasteiger partial charge in [0, 0.05) is 15.0 Å². The van der Waals surface area contributed by atoms with E-state index in [2.05, 4.69) is 6.07 Å². The van der Waals surface area contributed by atoms with Crippen LogP contribution in [0.1, 0.15) is 16.0 Å². The number of aliphatic hydroxyl groups excluding tert-OH is 1. The Balaban J connectivity index is 2.81. The van der Waals surface area contributed by atoms with Gasteiger partial charge in [0.2, 0.25) is 0 Å². The Bertz CT molecular complexity index is 522. The molecule has 1 aromatic carbocycles. The first-order valence-corrected chi connectivity index (χ1v) is 5.11. The van der Waals surface area contributed by atoms with E-state index in [-0.39, 0.29) is 6.61 Å². The lowest BCUT2D eigenvalue weighted by Gasteiger charge is -1.92. The van der Waals surface area contributed by atoms with Crippen molar-refractivity contribution in [3.8, 4) is 6.07 Å². The summed E-state index contributed by atoms with van der Waals surface area (Å²) in [7, 11) is 0. The lowest BCUT2D eigenvalue weighted by Crippen LogP contribution is -1.80. The van der Waals surface area contributed by atoms with Gasteiger partial charge in [-0.15, -0.1) is 11.3 Å². The van der Waals surface area contributed by atoms with Crippen molar-refractivity contribution >= 4 is 21.4 Å². The van der Waals surface area contributed by atoms with E-state index in [0.29, 0.717) is 5.56 Å². The van der Waals surface area contributed by atoms with E-state index in [1.807, 2.05) is 25.1 Å². The Morgan fingerprint density at radius 2 is 2.29 bits per heavy atom. The molecule has 1 heterocycles. The third-order valence-corrected chi connectivity index (χ3v) is 3.31. The molecule has 3 heteroatoms. The van der Waals surface area contributed by atoms with Crippen LogP contribution in [-0.4, -0.2) is 5.11 Å². The molecular weight excluding hydrogens is 194 g/mol. The summed E-state index contributed by atoms with van der Waals surface area (Å²) in [5.74, 6) is 0. The average Bonchev–Trinajstić information content (AvgIpc) is 2.54. The summed E-state index contributed by atoms with van der Waals surface area (Å²) < 4.78 is 1.07. The molecule has 0 bridgehead atoms. The van der Waals surface area contributed by atoms with Crippen LogP contribution in [0.3, 0.4) is 0 Å². The van der Waals surface area contributed by atoms with Gasteiger partial charge < -0.3 is 5.11 Å². The zero-order valence-electron chi connectivity index (χ0n) is 7.74. The van der Waals surface area contributed by atoms with Gasteiger partial charge in [-0.2, -0.15) is 5.26 Å². The molecule has 2 rings (SSSR count). The predicted octanol–water partition coefficient (Wildman–Crippen LogP) is 2.57. The van der Waals surface area contributed by atoms with Gasteiger partial charge in [-0.25, -0.2) is 0 Å². The summed E-state index contributed by atoms with van der Waals surface area (Å²) >= 11 is 1.49. The molecule has 0 aliphatic heterocycles. The summed E-state index contributed by atoms with van der Waals surface area (Å²) in [5.41, 5.74) is 1.79. The molecule has 0 spiro atoms. The predicted molar refractivity (Wildman–Crippen MR) is 57.2 cm³/mol. The van der Waals surface area contributed by atoms with E-state index in [1.165, 1.54) is 16.9 Å². The zero-order valence-corrected chi connectivity index (χ0v) is 8.56. The monoisotopic (exact) mass is 203 g/mol. The van der Waals surface area contributed by atoms with Crippen LogP contribution in [0.2, 0.25) is 0 Å². The molecule has 0 aliphatic carbocycles. The van der Waals surface area contributed by atoms with Gasteiger partial charge in [-0.1, -0.05) is 12.1 Å². The SMILES string of the molecule is Cc1ccc2c(C#N)c(CO)sc2c1. The number of thiophene rings is 1. The van der Waals surface area contributed by atoms with Crippen LogP contribution < -0.4 is 0 Å². The molecule has 0 fully saturated rings. The van der Waals surface area contributed by atoms with Gasteiger partial charge in [0.15, 0.2) is 0 Å². The van der Waals surface area contributed by atoms with Crippen LogP contribution >= 0.6 is 11.3 Å². The number of rotatable bonds is 1. The van der Waals surface area contributed by atoms with E-state index >= 15 is 0 Å². The second-order valence-corrected chi connectivity index (χ2v) is 4.31. The van der Waals surface area contributed by atoms with Gasteiger partial charge >= 0.3 is 0 Å². The fraction of sp³-hybridized carbons (Fsp3) is 0.182. The van der Waals surface area contributed by atoms with Crippen LogP contribution in [0.4, 0.5) is 0 Å². The number of nitriles is 1. The summed E-state index contributed by atoms with van der Waals surface area (Å²) in [6.07, 6.45) is 0. The van der Waals surface area contributed by atoms with Gasteiger partial charge in [-0.3, -0.25) is 0 Å². The van der Waals surface area contributed by atoms with Crippen LogP contribution in [0.15, 0.2) is 18.2 Å². The van der Waals surface area contributed by atoms with Crippen molar-refractivity contribution in [3.05, 3.63) is 34.2 Å². The quantitative estimate of drug-likeness (QED) is 0.774. The molecule has 14 heavy (non-hydrogen) atoms. The molecule has 2 nitrogen and oxygen atoms in total. The Hall–Kier alpha value is -1.37. The van der Waals surface area contributed by atoms with Crippen molar-refractivity contribution in [2.45, 2.75) is 13.5 Å². The minimum atomic E-state index is -0.0543. The first-order chi connectivity index (χ1) is 6.76. The lowest BCUT2D eigenvalue weighted by atomic mass is 10.1. The van der Waals surface area contributed by atoms with Crippen molar-refractivity contribution in [2.75, 3.05) is 0 Å². The Kier molecular flexibility index (Phi) is 2.24. The second-order valence-electron chi connectivity index (χ2n) is 3.17. The maximum absolute atomic E-state index is 9.08. The lowest BCUT2D eigenvalue weighted by molar-refractivity contribution is 0.285. The fourth-order valence-corrected chi connectivity index (χ4v) is 2.60. The molecule has 2 aromatic rings. The first-order valence-electron chi connectivity index (χ1n) is 4.29. The van der Waals surface area contributed by atoms with Crippen molar-refractivity contribution in [2.24, 2.45) is 0 Å². The van der Waals surface area contributed by atoms with Crippen molar-refractivity contribution in [1.29, 1.82) is 5.26 Å². The second kappa shape index (κ2) is 3.41. The largest absolute Gasteiger partial charge is 0.391 e. The van der Waals surface area contributed by atoms with E-state index in [1.54, 1.807) is 0 Å². The normalized spacial score (nSPS) is 10.4. The highest BCUT2D eigenvalue weighted by atomic mass is 32.1.